The van der Waals surface area contributed by atoms with Crippen molar-refractivity contribution in [2.24, 2.45) is 5.92 Å². The molecule has 1 heterocycles. The highest BCUT2D eigenvalue weighted by Gasteiger charge is 2.28. The lowest BCUT2D eigenvalue weighted by atomic mass is 9.98. The lowest BCUT2D eigenvalue weighted by Gasteiger charge is -2.31. The number of anilines is 1. The predicted octanol–water partition coefficient (Wildman–Crippen LogP) is 2.35. The summed E-state index contributed by atoms with van der Waals surface area (Å²) in [6.45, 7) is 4.04. The Kier molecular flexibility index (Phi) is 5.65. The highest BCUT2D eigenvalue weighted by molar-refractivity contribution is 9.10. The molecule has 0 aromatic heterocycles. The summed E-state index contributed by atoms with van der Waals surface area (Å²) in [7, 11) is -1.55. The number of nitrogens with one attached hydrogen (secondary N) is 2. The average molecular weight is 376 g/mol. The number of hydrogen-bond donors (Lipinski definition) is 2. The molecular formula is C14H22BrN3O2S. The third kappa shape index (κ3) is 4.42. The fourth-order valence-corrected chi connectivity index (χ4v) is 4.31. The molecule has 0 atom stereocenters. The maximum Gasteiger partial charge on any atom is 0.301 e. The standard InChI is InChI=1S/C14H22BrN3O2S/c1-11-3-4-13(15)14(9-11)17-21(19,20)18-7-5-12(6-8-18)10-16-2/h3-4,9,12,16-17H,5-8,10H2,1-2H3. The molecule has 7 heteroatoms. The van der Waals surface area contributed by atoms with E-state index in [0.29, 0.717) is 24.7 Å². The van der Waals surface area contributed by atoms with E-state index >= 15 is 0 Å². The highest BCUT2D eigenvalue weighted by atomic mass is 79.9. The minimum atomic E-state index is -3.48. The Labute approximate surface area is 135 Å². The van der Waals surface area contributed by atoms with Crippen LogP contribution in [0, 0.1) is 12.8 Å². The topological polar surface area (TPSA) is 61.4 Å². The molecule has 0 bridgehead atoms. The minimum absolute atomic E-state index is 0.562. The Morgan fingerprint density at radius 2 is 2.00 bits per heavy atom. The van der Waals surface area contributed by atoms with Crippen molar-refractivity contribution in [1.82, 2.24) is 9.62 Å². The van der Waals surface area contributed by atoms with Crippen molar-refractivity contribution >= 4 is 31.8 Å². The van der Waals surface area contributed by atoms with E-state index in [4.69, 9.17) is 0 Å². The van der Waals surface area contributed by atoms with Gasteiger partial charge in [0, 0.05) is 17.6 Å². The second-order valence-corrected chi connectivity index (χ2v) is 8.02. The highest BCUT2D eigenvalue weighted by Crippen LogP contribution is 2.26. The van der Waals surface area contributed by atoms with Crippen molar-refractivity contribution in [3.63, 3.8) is 0 Å². The van der Waals surface area contributed by atoms with Gasteiger partial charge in [-0.1, -0.05) is 6.07 Å². The van der Waals surface area contributed by atoms with E-state index in [-0.39, 0.29) is 0 Å². The van der Waals surface area contributed by atoms with Gasteiger partial charge in [-0.25, -0.2) is 0 Å². The van der Waals surface area contributed by atoms with Gasteiger partial charge in [-0.15, -0.1) is 0 Å². The zero-order valence-electron chi connectivity index (χ0n) is 12.4. The molecule has 0 amide bonds. The Balaban J connectivity index is 2.04. The number of benzene rings is 1. The Morgan fingerprint density at radius 1 is 1.33 bits per heavy atom. The third-order valence-corrected chi connectivity index (χ3v) is 5.98. The average Bonchev–Trinajstić information content (AvgIpc) is 2.44. The van der Waals surface area contributed by atoms with E-state index in [9.17, 15) is 8.42 Å². The van der Waals surface area contributed by atoms with Gasteiger partial charge in [0.05, 0.1) is 5.69 Å². The Hall–Kier alpha value is -0.630. The van der Waals surface area contributed by atoms with Crippen molar-refractivity contribution < 1.29 is 8.42 Å². The number of rotatable bonds is 5. The van der Waals surface area contributed by atoms with Crippen LogP contribution in [0.4, 0.5) is 5.69 Å². The van der Waals surface area contributed by atoms with Crippen molar-refractivity contribution in [2.75, 3.05) is 31.4 Å². The van der Waals surface area contributed by atoms with Crippen molar-refractivity contribution in [2.45, 2.75) is 19.8 Å². The SMILES string of the molecule is CNCC1CCN(S(=O)(=O)Nc2cc(C)ccc2Br)CC1. The molecule has 1 aromatic rings. The van der Waals surface area contributed by atoms with Crippen LogP contribution in [0.25, 0.3) is 0 Å². The summed E-state index contributed by atoms with van der Waals surface area (Å²) in [5, 5.41) is 3.15. The van der Waals surface area contributed by atoms with E-state index in [0.717, 1.165) is 29.4 Å². The molecule has 21 heavy (non-hydrogen) atoms. The molecule has 1 aliphatic heterocycles. The lowest BCUT2D eigenvalue weighted by molar-refractivity contribution is 0.272. The molecule has 0 aliphatic carbocycles. The fraction of sp³-hybridized carbons (Fsp3) is 0.571. The van der Waals surface area contributed by atoms with E-state index in [2.05, 4.69) is 26.0 Å². The molecule has 0 radical (unpaired) electrons. The molecule has 0 spiro atoms. The largest absolute Gasteiger partial charge is 0.319 e. The summed E-state index contributed by atoms with van der Waals surface area (Å²) in [5.74, 6) is 0.562. The van der Waals surface area contributed by atoms with E-state index in [1.807, 2.05) is 32.2 Å². The van der Waals surface area contributed by atoms with Crippen LogP contribution in [0.5, 0.6) is 0 Å². The van der Waals surface area contributed by atoms with Gasteiger partial charge in [-0.05, 0) is 72.9 Å². The first-order valence-corrected chi connectivity index (χ1v) is 9.34. The van der Waals surface area contributed by atoms with Gasteiger partial charge in [0.1, 0.15) is 0 Å². The molecule has 1 saturated heterocycles. The van der Waals surface area contributed by atoms with Crippen LogP contribution in [0.3, 0.4) is 0 Å². The molecule has 1 aliphatic rings. The number of hydrogen-bond acceptors (Lipinski definition) is 3. The van der Waals surface area contributed by atoms with E-state index < -0.39 is 10.2 Å². The van der Waals surface area contributed by atoms with Gasteiger partial charge in [-0.3, -0.25) is 4.72 Å². The molecule has 5 nitrogen and oxygen atoms in total. The van der Waals surface area contributed by atoms with Crippen LogP contribution < -0.4 is 10.0 Å². The maximum atomic E-state index is 12.5. The first-order valence-electron chi connectivity index (χ1n) is 7.11. The van der Waals surface area contributed by atoms with Gasteiger partial charge < -0.3 is 5.32 Å². The predicted molar refractivity (Wildman–Crippen MR) is 89.6 cm³/mol. The number of aryl methyl sites for hydroxylation is 1. The zero-order valence-corrected chi connectivity index (χ0v) is 14.8. The summed E-state index contributed by atoms with van der Waals surface area (Å²) in [6.07, 6.45) is 1.80. The molecule has 0 saturated carbocycles. The monoisotopic (exact) mass is 375 g/mol. The van der Waals surface area contributed by atoms with Crippen LogP contribution in [0.15, 0.2) is 22.7 Å². The van der Waals surface area contributed by atoms with Crippen LogP contribution in [0.1, 0.15) is 18.4 Å². The van der Waals surface area contributed by atoms with Crippen LogP contribution in [0.2, 0.25) is 0 Å². The normalized spacial score (nSPS) is 17.9. The summed E-state index contributed by atoms with van der Waals surface area (Å²) in [4.78, 5) is 0. The Bertz CT molecular complexity index is 584. The van der Waals surface area contributed by atoms with E-state index in [1.165, 1.54) is 4.31 Å². The van der Waals surface area contributed by atoms with Gasteiger partial charge in [0.25, 0.3) is 0 Å². The fourth-order valence-electron chi connectivity index (χ4n) is 2.56. The first kappa shape index (κ1) is 16.7. The maximum absolute atomic E-state index is 12.5. The molecule has 118 valence electrons. The minimum Gasteiger partial charge on any atom is -0.319 e. The van der Waals surface area contributed by atoms with Crippen LogP contribution in [-0.4, -0.2) is 39.4 Å². The molecule has 1 aromatic carbocycles. The van der Waals surface area contributed by atoms with Crippen molar-refractivity contribution in [1.29, 1.82) is 0 Å². The van der Waals surface area contributed by atoms with E-state index in [1.54, 1.807) is 0 Å². The summed E-state index contributed by atoms with van der Waals surface area (Å²) in [5.41, 5.74) is 1.61. The molecular weight excluding hydrogens is 354 g/mol. The first-order chi connectivity index (χ1) is 9.92. The van der Waals surface area contributed by atoms with Gasteiger partial charge in [0.2, 0.25) is 0 Å². The van der Waals surface area contributed by atoms with Crippen molar-refractivity contribution in [3.05, 3.63) is 28.2 Å². The third-order valence-electron chi connectivity index (χ3n) is 3.77. The Morgan fingerprint density at radius 3 is 2.62 bits per heavy atom. The van der Waals surface area contributed by atoms with Gasteiger partial charge >= 0.3 is 10.2 Å². The lowest BCUT2D eigenvalue weighted by Crippen LogP contribution is -2.43. The van der Waals surface area contributed by atoms with Crippen LogP contribution in [-0.2, 0) is 10.2 Å². The molecule has 2 rings (SSSR count). The number of nitrogens with zero attached hydrogens (tertiary/aromatic N) is 1. The number of piperidine rings is 1. The second kappa shape index (κ2) is 7.09. The summed E-state index contributed by atoms with van der Waals surface area (Å²) < 4.78 is 29.9. The quantitative estimate of drug-likeness (QED) is 0.829. The molecule has 2 N–H and O–H groups in total. The molecule has 0 unspecified atom stereocenters. The second-order valence-electron chi connectivity index (χ2n) is 5.49. The molecule has 1 fully saturated rings. The smallest absolute Gasteiger partial charge is 0.301 e. The van der Waals surface area contributed by atoms with Gasteiger partial charge in [0.15, 0.2) is 0 Å². The van der Waals surface area contributed by atoms with Crippen molar-refractivity contribution in [3.8, 4) is 0 Å². The summed E-state index contributed by atoms with van der Waals surface area (Å²) >= 11 is 3.38. The van der Waals surface area contributed by atoms with Crippen LogP contribution >= 0.6 is 15.9 Å². The summed E-state index contributed by atoms with van der Waals surface area (Å²) in [6, 6.07) is 5.62. The van der Waals surface area contributed by atoms with Gasteiger partial charge in [-0.2, -0.15) is 12.7 Å². The zero-order chi connectivity index (χ0) is 15.5. The number of halogens is 1.